The second-order valence-electron chi connectivity index (χ2n) is 3.20. The molecule has 0 fully saturated rings. The minimum absolute atomic E-state index is 0. The van der Waals surface area contributed by atoms with Gasteiger partial charge in [0, 0.05) is 0 Å². The standard InChI is InChI=1S/C14H12.CH4/c1-3-11-9-10-12-7-5-6-8-14(12)13(11)4-2;/h3-10H,1-2H2;1H4. The van der Waals surface area contributed by atoms with Gasteiger partial charge in [-0.25, -0.2) is 0 Å². The first-order valence-electron chi connectivity index (χ1n) is 4.63. The fraction of sp³-hybridized carbons (Fsp3) is 0.0667. The topological polar surface area (TPSA) is 0 Å². The molecule has 0 heterocycles. The van der Waals surface area contributed by atoms with Crippen LogP contribution in [0.1, 0.15) is 18.6 Å². The van der Waals surface area contributed by atoms with E-state index >= 15 is 0 Å². The number of hydrogen-bond acceptors (Lipinski definition) is 0. The molecule has 0 radical (unpaired) electrons. The van der Waals surface area contributed by atoms with Crippen LogP contribution in [0.2, 0.25) is 0 Å². The monoisotopic (exact) mass is 196 g/mol. The summed E-state index contributed by atoms with van der Waals surface area (Å²) in [5.74, 6) is 0. The fourth-order valence-corrected chi connectivity index (χ4v) is 1.72. The highest BCUT2D eigenvalue weighted by Crippen LogP contribution is 2.23. The van der Waals surface area contributed by atoms with Gasteiger partial charge in [-0.3, -0.25) is 0 Å². The molecule has 0 atom stereocenters. The van der Waals surface area contributed by atoms with Crippen molar-refractivity contribution >= 4 is 22.9 Å². The van der Waals surface area contributed by atoms with Crippen molar-refractivity contribution in [1.82, 2.24) is 0 Å². The van der Waals surface area contributed by atoms with Gasteiger partial charge in [0.2, 0.25) is 0 Å². The fourth-order valence-electron chi connectivity index (χ4n) is 1.72. The van der Waals surface area contributed by atoms with Crippen molar-refractivity contribution in [3.8, 4) is 0 Å². The van der Waals surface area contributed by atoms with Gasteiger partial charge in [0.05, 0.1) is 0 Å². The van der Waals surface area contributed by atoms with Crippen molar-refractivity contribution in [1.29, 1.82) is 0 Å². The second kappa shape index (κ2) is 4.61. The van der Waals surface area contributed by atoms with Crippen LogP contribution in [0.3, 0.4) is 0 Å². The minimum Gasteiger partial charge on any atom is -0.0984 e. The SMILES string of the molecule is C.C=Cc1ccc2ccccc2c1C=C. The molecular weight excluding hydrogens is 180 g/mol. The summed E-state index contributed by atoms with van der Waals surface area (Å²) in [5, 5.41) is 2.48. The van der Waals surface area contributed by atoms with E-state index in [1.165, 1.54) is 10.8 Å². The van der Waals surface area contributed by atoms with Gasteiger partial charge in [0.25, 0.3) is 0 Å². The molecule has 0 spiro atoms. The predicted molar refractivity (Wildman–Crippen MR) is 70.9 cm³/mol. The number of fused-ring (bicyclic) bond motifs is 1. The minimum atomic E-state index is 0. The van der Waals surface area contributed by atoms with Gasteiger partial charge in [-0.1, -0.05) is 69.1 Å². The van der Waals surface area contributed by atoms with Crippen LogP contribution >= 0.6 is 0 Å². The van der Waals surface area contributed by atoms with Crippen LogP contribution in [-0.2, 0) is 0 Å². The number of benzene rings is 2. The first-order chi connectivity index (χ1) is 6.86. The summed E-state index contributed by atoms with van der Waals surface area (Å²) in [5.41, 5.74) is 2.30. The molecule has 0 aliphatic rings. The highest BCUT2D eigenvalue weighted by Gasteiger charge is 2.00. The van der Waals surface area contributed by atoms with Crippen molar-refractivity contribution in [3.63, 3.8) is 0 Å². The van der Waals surface area contributed by atoms with E-state index in [9.17, 15) is 0 Å². The Balaban J connectivity index is 0.00000112. The molecule has 0 saturated carbocycles. The Kier molecular flexibility index (Phi) is 3.46. The lowest BCUT2D eigenvalue weighted by Crippen LogP contribution is -1.82. The van der Waals surface area contributed by atoms with Crippen LogP contribution in [0.25, 0.3) is 22.9 Å². The summed E-state index contributed by atoms with van der Waals surface area (Å²) < 4.78 is 0. The Morgan fingerprint density at radius 2 is 1.60 bits per heavy atom. The van der Waals surface area contributed by atoms with E-state index in [2.05, 4.69) is 37.4 Å². The largest absolute Gasteiger partial charge is 0.0984 e. The summed E-state index contributed by atoms with van der Waals surface area (Å²) in [6.45, 7) is 7.64. The molecule has 0 amide bonds. The number of hydrogen-bond donors (Lipinski definition) is 0. The summed E-state index contributed by atoms with van der Waals surface area (Å²) >= 11 is 0. The highest BCUT2D eigenvalue weighted by atomic mass is 14.0. The maximum atomic E-state index is 3.84. The zero-order chi connectivity index (χ0) is 9.97. The van der Waals surface area contributed by atoms with Crippen LogP contribution in [0.4, 0.5) is 0 Å². The molecule has 2 rings (SSSR count). The van der Waals surface area contributed by atoms with Gasteiger partial charge < -0.3 is 0 Å². The van der Waals surface area contributed by atoms with E-state index in [1.807, 2.05) is 24.3 Å². The van der Waals surface area contributed by atoms with Crippen LogP contribution < -0.4 is 0 Å². The lowest BCUT2D eigenvalue weighted by molar-refractivity contribution is 1.67. The van der Waals surface area contributed by atoms with Crippen LogP contribution in [0.15, 0.2) is 49.6 Å². The maximum Gasteiger partial charge on any atom is -0.0106 e. The normalized spacial score (nSPS) is 9.33. The maximum absolute atomic E-state index is 3.84. The highest BCUT2D eigenvalue weighted by molar-refractivity contribution is 5.93. The Labute approximate surface area is 91.6 Å². The van der Waals surface area contributed by atoms with Gasteiger partial charge in [-0.05, 0) is 21.9 Å². The molecule has 0 saturated heterocycles. The molecule has 0 aliphatic carbocycles. The van der Waals surface area contributed by atoms with E-state index in [1.54, 1.807) is 0 Å². The molecule has 0 heteroatoms. The smallest absolute Gasteiger partial charge is 0.0106 e. The van der Waals surface area contributed by atoms with E-state index in [0.717, 1.165) is 11.1 Å². The first-order valence-corrected chi connectivity index (χ1v) is 4.63. The van der Waals surface area contributed by atoms with E-state index in [0.29, 0.717) is 0 Å². The van der Waals surface area contributed by atoms with Crippen molar-refractivity contribution in [3.05, 3.63) is 60.7 Å². The molecule has 76 valence electrons. The van der Waals surface area contributed by atoms with E-state index < -0.39 is 0 Å². The average molecular weight is 196 g/mol. The van der Waals surface area contributed by atoms with Gasteiger partial charge in [-0.2, -0.15) is 0 Å². The first kappa shape index (κ1) is 11.3. The Bertz CT molecular complexity index is 492. The molecular formula is C15H16. The summed E-state index contributed by atoms with van der Waals surface area (Å²) in [6.07, 6.45) is 3.75. The quantitative estimate of drug-likeness (QED) is 0.649. The van der Waals surface area contributed by atoms with E-state index in [-0.39, 0.29) is 7.43 Å². The molecule has 0 unspecified atom stereocenters. The zero-order valence-corrected chi connectivity index (χ0v) is 8.03. The molecule has 15 heavy (non-hydrogen) atoms. The number of rotatable bonds is 2. The summed E-state index contributed by atoms with van der Waals surface area (Å²) in [6, 6.07) is 12.5. The third-order valence-electron chi connectivity index (χ3n) is 2.43. The third-order valence-corrected chi connectivity index (χ3v) is 2.43. The van der Waals surface area contributed by atoms with Crippen LogP contribution in [0, 0.1) is 0 Å². The van der Waals surface area contributed by atoms with Crippen LogP contribution in [0.5, 0.6) is 0 Å². The molecule has 2 aromatic rings. The van der Waals surface area contributed by atoms with Crippen molar-refractivity contribution < 1.29 is 0 Å². The molecule has 0 nitrogen and oxygen atoms in total. The average Bonchev–Trinajstić information content (AvgIpc) is 2.27. The van der Waals surface area contributed by atoms with Gasteiger partial charge in [-0.15, -0.1) is 0 Å². The Morgan fingerprint density at radius 1 is 0.867 bits per heavy atom. The molecule has 0 aromatic heterocycles. The van der Waals surface area contributed by atoms with Crippen molar-refractivity contribution in [2.24, 2.45) is 0 Å². The molecule has 0 N–H and O–H groups in total. The third kappa shape index (κ3) is 1.84. The zero-order valence-electron chi connectivity index (χ0n) is 8.03. The van der Waals surface area contributed by atoms with Crippen molar-refractivity contribution in [2.45, 2.75) is 7.43 Å². The molecule has 0 bridgehead atoms. The lowest BCUT2D eigenvalue weighted by atomic mass is 9.99. The Morgan fingerprint density at radius 3 is 2.27 bits per heavy atom. The predicted octanol–water partition coefficient (Wildman–Crippen LogP) is 4.76. The van der Waals surface area contributed by atoms with Gasteiger partial charge >= 0.3 is 0 Å². The lowest BCUT2D eigenvalue weighted by Gasteiger charge is -2.05. The van der Waals surface area contributed by atoms with E-state index in [4.69, 9.17) is 0 Å². The van der Waals surface area contributed by atoms with Gasteiger partial charge in [0.15, 0.2) is 0 Å². The summed E-state index contributed by atoms with van der Waals surface area (Å²) in [4.78, 5) is 0. The van der Waals surface area contributed by atoms with Crippen LogP contribution in [-0.4, -0.2) is 0 Å². The second-order valence-corrected chi connectivity index (χ2v) is 3.20. The van der Waals surface area contributed by atoms with Gasteiger partial charge in [0.1, 0.15) is 0 Å². The molecule has 0 aliphatic heterocycles. The van der Waals surface area contributed by atoms with Crippen molar-refractivity contribution in [2.75, 3.05) is 0 Å². The Hall–Kier alpha value is -1.82. The summed E-state index contributed by atoms with van der Waals surface area (Å²) in [7, 11) is 0. The molecule has 2 aromatic carbocycles.